The van der Waals surface area contributed by atoms with Crippen molar-refractivity contribution >= 4 is 10.9 Å². The lowest BCUT2D eigenvalue weighted by Gasteiger charge is -2.20. The maximum absolute atomic E-state index is 4.59. The average molecular weight is 248 g/mol. The molecule has 0 N–H and O–H groups in total. The van der Waals surface area contributed by atoms with Crippen molar-refractivity contribution in [3.05, 3.63) is 53.2 Å². The minimum absolute atomic E-state index is 1.13. The summed E-state index contributed by atoms with van der Waals surface area (Å²) in [4.78, 5) is 0. The maximum Gasteiger partial charge on any atom is 0.0688 e. The number of nitrogens with zero attached hydrogens (tertiary/aromatic N) is 2. The van der Waals surface area contributed by atoms with E-state index in [0.29, 0.717) is 0 Å². The van der Waals surface area contributed by atoms with Gasteiger partial charge in [-0.3, -0.25) is 4.68 Å². The van der Waals surface area contributed by atoms with Gasteiger partial charge in [-0.05, 0) is 48.1 Å². The van der Waals surface area contributed by atoms with E-state index in [1.807, 2.05) is 11.7 Å². The minimum atomic E-state index is 1.13. The first-order valence-electron chi connectivity index (χ1n) is 6.79. The minimum Gasteiger partial charge on any atom is -0.268 e. The van der Waals surface area contributed by atoms with Crippen LogP contribution in [0.5, 0.6) is 0 Å². The third kappa shape index (κ3) is 1.40. The van der Waals surface area contributed by atoms with Gasteiger partial charge >= 0.3 is 0 Å². The van der Waals surface area contributed by atoms with E-state index in [2.05, 4.69) is 48.4 Å². The summed E-state index contributed by atoms with van der Waals surface area (Å²) in [5.41, 5.74) is 8.09. The number of aryl methyl sites for hydroxylation is 4. The Morgan fingerprint density at radius 1 is 1.00 bits per heavy atom. The zero-order valence-electron chi connectivity index (χ0n) is 11.3. The van der Waals surface area contributed by atoms with Crippen molar-refractivity contribution in [3.8, 4) is 11.1 Å². The smallest absolute Gasteiger partial charge is 0.0688 e. The van der Waals surface area contributed by atoms with Gasteiger partial charge in [-0.15, -0.1) is 0 Å². The first-order chi connectivity index (χ1) is 9.25. The molecule has 0 bridgehead atoms. The van der Waals surface area contributed by atoms with E-state index in [1.54, 1.807) is 0 Å². The van der Waals surface area contributed by atoms with Gasteiger partial charge in [-0.1, -0.05) is 30.3 Å². The van der Waals surface area contributed by atoms with E-state index >= 15 is 0 Å². The molecule has 94 valence electrons. The Kier molecular flexibility index (Phi) is 2.10. The van der Waals surface area contributed by atoms with E-state index in [-0.39, 0.29) is 0 Å². The molecule has 19 heavy (non-hydrogen) atoms. The molecule has 3 aromatic rings. The molecule has 0 atom stereocenters. The molecule has 0 unspecified atom stereocenters. The van der Waals surface area contributed by atoms with Crippen molar-refractivity contribution in [2.75, 3.05) is 0 Å². The fraction of sp³-hybridized carbons (Fsp3) is 0.235. The van der Waals surface area contributed by atoms with Crippen LogP contribution in [0.2, 0.25) is 0 Å². The molecule has 2 heteroatoms. The van der Waals surface area contributed by atoms with Gasteiger partial charge < -0.3 is 0 Å². The number of hydrogen-bond acceptors (Lipinski definition) is 1. The van der Waals surface area contributed by atoms with Gasteiger partial charge in [0.05, 0.1) is 11.2 Å². The van der Waals surface area contributed by atoms with Crippen LogP contribution in [0.1, 0.15) is 16.8 Å². The van der Waals surface area contributed by atoms with Gasteiger partial charge in [0.25, 0.3) is 0 Å². The fourth-order valence-corrected chi connectivity index (χ4v) is 3.37. The molecule has 0 fully saturated rings. The zero-order valence-corrected chi connectivity index (χ0v) is 11.3. The van der Waals surface area contributed by atoms with Crippen molar-refractivity contribution in [1.29, 1.82) is 0 Å². The summed E-state index contributed by atoms with van der Waals surface area (Å²) >= 11 is 0. The molecule has 0 radical (unpaired) electrons. The van der Waals surface area contributed by atoms with Crippen LogP contribution < -0.4 is 0 Å². The van der Waals surface area contributed by atoms with E-state index < -0.39 is 0 Å². The highest BCUT2D eigenvalue weighted by Gasteiger charge is 2.20. The summed E-state index contributed by atoms with van der Waals surface area (Å²) in [6.45, 7) is 2.11. The molecule has 2 aromatic carbocycles. The summed E-state index contributed by atoms with van der Waals surface area (Å²) in [6.07, 6.45) is 2.28. The standard InChI is InChI=1S/C17H16N2/c1-11-16-15(19(2)18-11)10-9-13-8-7-12-5-3-4-6-14(12)17(13)16/h3-6,9-10H,7-8H2,1-2H3. The molecule has 0 saturated carbocycles. The summed E-state index contributed by atoms with van der Waals surface area (Å²) in [7, 11) is 2.02. The average Bonchev–Trinajstić information content (AvgIpc) is 2.73. The number of hydrogen-bond donors (Lipinski definition) is 0. The number of rotatable bonds is 0. The quantitative estimate of drug-likeness (QED) is 0.594. The third-order valence-electron chi connectivity index (χ3n) is 4.23. The van der Waals surface area contributed by atoms with Gasteiger partial charge in [-0.2, -0.15) is 5.10 Å². The fourth-order valence-electron chi connectivity index (χ4n) is 3.37. The predicted molar refractivity (Wildman–Crippen MR) is 78.3 cm³/mol. The Bertz CT molecular complexity index is 796. The largest absolute Gasteiger partial charge is 0.268 e. The van der Waals surface area contributed by atoms with Crippen molar-refractivity contribution in [3.63, 3.8) is 0 Å². The van der Waals surface area contributed by atoms with Crippen LogP contribution in [0.3, 0.4) is 0 Å². The monoisotopic (exact) mass is 248 g/mol. The number of aromatic nitrogens is 2. The maximum atomic E-state index is 4.59. The van der Waals surface area contributed by atoms with Crippen LogP contribution in [0.4, 0.5) is 0 Å². The molecule has 0 aliphatic heterocycles. The zero-order chi connectivity index (χ0) is 13.0. The predicted octanol–water partition coefficient (Wildman–Crippen LogP) is 3.65. The molecule has 0 saturated heterocycles. The third-order valence-corrected chi connectivity index (χ3v) is 4.23. The Morgan fingerprint density at radius 3 is 2.68 bits per heavy atom. The molecule has 1 aromatic heterocycles. The molecular formula is C17H16N2. The molecule has 2 nitrogen and oxygen atoms in total. The second-order valence-corrected chi connectivity index (χ2v) is 5.36. The summed E-state index contributed by atoms with van der Waals surface area (Å²) in [5.74, 6) is 0. The number of fused-ring (bicyclic) bond motifs is 5. The second-order valence-electron chi connectivity index (χ2n) is 5.36. The Hall–Kier alpha value is -2.09. The van der Waals surface area contributed by atoms with Crippen LogP contribution in [0.25, 0.3) is 22.0 Å². The Morgan fingerprint density at radius 2 is 1.79 bits per heavy atom. The first-order valence-corrected chi connectivity index (χ1v) is 6.79. The van der Waals surface area contributed by atoms with Crippen LogP contribution in [0, 0.1) is 6.92 Å². The first kappa shape index (κ1) is 10.8. The Labute approximate surface area is 112 Å². The van der Waals surface area contributed by atoms with Crippen LogP contribution in [-0.4, -0.2) is 9.78 Å². The normalized spacial score (nSPS) is 13.4. The highest BCUT2D eigenvalue weighted by molar-refractivity contribution is 5.99. The summed E-state index contributed by atoms with van der Waals surface area (Å²) in [5, 5.41) is 5.91. The van der Waals surface area contributed by atoms with Crippen molar-refractivity contribution in [1.82, 2.24) is 9.78 Å². The van der Waals surface area contributed by atoms with E-state index in [4.69, 9.17) is 0 Å². The van der Waals surface area contributed by atoms with E-state index in [1.165, 1.54) is 33.2 Å². The van der Waals surface area contributed by atoms with Crippen LogP contribution in [-0.2, 0) is 19.9 Å². The van der Waals surface area contributed by atoms with Gasteiger partial charge in [0.2, 0.25) is 0 Å². The van der Waals surface area contributed by atoms with Gasteiger partial charge in [-0.25, -0.2) is 0 Å². The topological polar surface area (TPSA) is 17.8 Å². The van der Waals surface area contributed by atoms with Crippen molar-refractivity contribution in [2.24, 2.45) is 7.05 Å². The Balaban J connectivity index is 2.18. The molecular weight excluding hydrogens is 232 g/mol. The van der Waals surface area contributed by atoms with Crippen LogP contribution >= 0.6 is 0 Å². The molecule has 1 aliphatic carbocycles. The summed E-state index contributed by atoms with van der Waals surface area (Å²) < 4.78 is 1.99. The SMILES string of the molecule is Cc1nn(C)c2ccc3c(c12)-c1ccccc1CC3. The van der Waals surface area contributed by atoms with Crippen molar-refractivity contribution < 1.29 is 0 Å². The number of benzene rings is 2. The molecule has 1 aliphatic rings. The molecule has 4 rings (SSSR count). The van der Waals surface area contributed by atoms with Gasteiger partial charge in [0, 0.05) is 12.4 Å². The lowest BCUT2D eigenvalue weighted by atomic mass is 9.83. The summed E-state index contributed by atoms with van der Waals surface area (Å²) in [6, 6.07) is 13.3. The molecule has 0 amide bonds. The van der Waals surface area contributed by atoms with Gasteiger partial charge in [0.15, 0.2) is 0 Å². The second kappa shape index (κ2) is 3.70. The van der Waals surface area contributed by atoms with Gasteiger partial charge in [0.1, 0.15) is 0 Å². The lowest BCUT2D eigenvalue weighted by molar-refractivity contribution is 0.783. The molecule has 1 heterocycles. The highest BCUT2D eigenvalue weighted by atomic mass is 15.3. The highest BCUT2D eigenvalue weighted by Crippen LogP contribution is 2.39. The van der Waals surface area contributed by atoms with E-state index in [9.17, 15) is 0 Å². The van der Waals surface area contributed by atoms with Crippen molar-refractivity contribution in [2.45, 2.75) is 19.8 Å². The molecule has 0 spiro atoms. The van der Waals surface area contributed by atoms with Crippen LogP contribution in [0.15, 0.2) is 36.4 Å². The lowest BCUT2D eigenvalue weighted by Crippen LogP contribution is -2.04. The van der Waals surface area contributed by atoms with E-state index in [0.717, 1.165) is 18.5 Å².